The van der Waals surface area contributed by atoms with Crippen LogP contribution in [0.2, 0.25) is 0 Å². The summed E-state index contributed by atoms with van der Waals surface area (Å²) in [5.41, 5.74) is 4.83. The number of aryl methyl sites for hydroxylation is 1. The molecular weight excluding hydrogens is 268 g/mol. The van der Waals surface area contributed by atoms with Crippen LogP contribution in [0.25, 0.3) is 5.57 Å². The van der Waals surface area contributed by atoms with E-state index in [-0.39, 0.29) is 7.43 Å². The number of likely N-dealkylation sites (tertiary alicyclic amines) is 1. The molecule has 1 aliphatic heterocycles. The fourth-order valence-corrected chi connectivity index (χ4v) is 2.81. The molecule has 0 bridgehead atoms. The van der Waals surface area contributed by atoms with Gasteiger partial charge in [-0.05, 0) is 50.6 Å². The summed E-state index contributed by atoms with van der Waals surface area (Å²) in [6, 6.07) is 14.8. The molecule has 1 fully saturated rings. The van der Waals surface area contributed by atoms with Crippen LogP contribution in [0.5, 0.6) is 0 Å². The lowest BCUT2D eigenvalue weighted by Crippen LogP contribution is -2.19. The van der Waals surface area contributed by atoms with Gasteiger partial charge in [0.25, 0.3) is 0 Å². The van der Waals surface area contributed by atoms with E-state index in [1.807, 2.05) is 12.3 Å². The summed E-state index contributed by atoms with van der Waals surface area (Å²) in [5.74, 6) is 0. The van der Waals surface area contributed by atoms with E-state index < -0.39 is 0 Å². The van der Waals surface area contributed by atoms with Crippen molar-refractivity contribution in [1.29, 1.82) is 0 Å². The van der Waals surface area contributed by atoms with E-state index in [1.165, 1.54) is 42.6 Å². The van der Waals surface area contributed by atoms with Crippen LogP contribution in [0, 0.1) is 6.92 Å². The zero-order valence-electron chi connectivity index (χ0n) is 12.6. The van der Waals surface area contributed by atoms with E-state index >= 15 is 0 Å². The number of rotatable bonds is 4. The molecule has 1 aromatic heterocycles. The molecule has 1 aromatic carbocycles. The molecule has 3 rings (SSSR count). The third-order valence-electron chi connectivity index (χ3n) is 4.06. The summed E-state index contributed by atoms with van der Waals surface area (Å²) < 4.78 is 0. The highest BCUT2D eigenvalue weighted by molar-refractivity contribution is 5.78. The van der Waals surface area contributed by atoms with Crippen LogP contribution >= 0.6 is 0 Å². The smallest absolute Gasteiger partial charge is 0.0705 e. The Morgan fingerprint density at radius 1 is 1.09 bits per heavy atom. The first-order chi connectivity index (χ1) is 10.3. The van der Waals surface area contributed by atoms with Crippen molar-refractivity contribution in [2.24, 2.45) is 0 Å². The summed E-state index contributed by atoms with van der Waals surface area (Å²) in [6.45, 7) is 5.58. The molecule has 1 aliphatic rings. The van der Waals surface area contributed by atoms with Crippen LogP contribution < -0.4 is 0 Å². The van der Waals surface area contributed by atoms with Crippen LogP contribution in [0.4, 0.5) is 0 Å². The Morgan fingerprint density at radius 2 is 1.82 bits per heavy atom. The maximum absolute atomic E-state index is 4.54. The zero-order valence-corrected chi connectivity index (χ0v) is 12.6. The van der Waals surface area contributed by atoms with Gasteiger partial charge in [0.1, 0.15) is 0 Å². The van der Waals surface area contributed by atoms with Gasteiger partial charge in [-0.25, -0.2) is 0 Å². The summed E-state index contributed by atoms with van der Waals surface area (Å²) >= 11 is 0. The Hall–Kier alpha value is -1.93. The van der Waals surface area contributed by atoms with E-state index in [4.69, 9.17) is 0 Å². The molecule has 0 atom stereocenters. The first-order valence-electron chi connectivity index (χ1n) is 7.74. The molecule has 0 saturated carbocycles. The highest BCUT2D eigenvalue weighted by Gasteiger charge is 2.11. The number of aromatic nitrogens is 1. The van der Waals surface area contributed by atoms with E-state index in [2.05, 4.69) is 59.3 Å². The summed E-state index contributed by atoms with van der Waals surface area (Å²) in [7, 11) is 0. The number of benzene rings is 1. The summed E-state index contributed by atoms with van der Waals surface area (Å²) in [6.07, 6.45) is 6.86. The van der Waals surface area contributed by atoms with Gasteiger partial charge in [-0.15, -0.1) is 0 Å². The maximum atomic E-state index is 4.54. The predicted molar refractivity (Wildman–Crippen MR) is 94.9 cm³/mol. The Bertz CT molecular complexity index is 593. The van der Waals surface area contributed by atoms with Gasteiger partial charge < -0.3 is 0 Å². The second-order valence-corrected chi connectivity index (χ2v) is 5.71. The number of nitrogens with zero attached hydrogens (tertiary/aromatic N) is 2. The first kappa shape index (κ1) is 16.4. The van der Waals surface area contributed by atoms with Crippen molar-refractivity contribution in [3.05, 3.63) is 71.6 Å². The van der Waals surface area contributed by atoms with E-state index in [9.17, 15) is 0 Å². The average molecular weight is 294 g/mol. The summed E-state index contributed by atoms with van der Waals surface area (Å²) in [4.78, 5) is 7.05. The molecule has 0 radical (unpaired) electrons. The molecule has 116 valence electrons. The van der Waals surface area contributed by atoms with Gasteiger partial charge in [-0.1, -0.05) is 49.4 Å². The molecule has 0 unspecified atom stereocenters. The molecule has 0 N–H and O–H groups in total. The molecule has 22 heavy (non-hydrogen) atoms. The molecule has 2 heteroatoms. The minimum atomic E-state index is 0. The maximum Gasteiger partial charge on any atom is 0.0705 e. The second kappa shape index (κ2) is 7.90. The Morgan fingerprint density at radius 3 is 2.45 bits per heavy atom. The minimum Gasteiger partial charge on any atom is -0.300 e. The molecule has 0 aliphatic carbocycles. The Balaban J connectivity index is 0.00000176. The zero-order chi connectivity index (χ0) is 14.5. The van der Waals surface area contributed by atoms with Crippen molar-refractivity contribution in [3.63, 3.8) is 0 Å². The molecule has 2 aromatic rings. The average Bonchev–Trinajstić information content (AvgIpc) is 3.04. The van der Waals surface area contributed by atoms with Crippen LogP contribution in [0.3, 0.4) is 0 Å². The number of pyridine rings is 1. The number of hydrogen-bond acceptors (Lipinski definition) is 2. The van der Waals surface area contributed by atoms with Crippen LogP contribution in [0.15, 0.2) is 54.7 Å². The Labute approximate surface area is 134 Å². The lowest BCUT2D eigenvalue weighted by atomic mass is 10.0. The Kier molecular flexibility index (Phi) is 5.91. The van der Waals surface area contributed by atoms with Gasteiger partial charge in [-0.2, -0.15) is 0 Å². The van der Waals surface area contributed by atoms with Gasteiger partial charge in [0.05, 0.1) is 5.69 Å². The van der Waals surface area contributed by atoms with Gasteiger partial charge >= 0.3 is 0 Å². The third kappa shape index (κ3) is 4.05. The summed E-state index contributed by atoms with van der Waals surface area (Å²) in [5, 5.41) is 0. The molecule has 2 heterocycles. The van der Waals surface area contributed by atoms with Crippen molar-refractivity contribution in [2.75, 3.05) is 19.6 Å². The van der Waals surface area contributed by atoms with Crippen LogP contribution in [0.1, 0.15) is 37.1 Å². The fraction of sp³-hybridized carbons (Fsp3) is 0.350. The highest BCUT2D eigenvalue weighted by atomic mass is 15.1. The van der Waals surface area contributed by atoms with Crippen molar-refractivity contribution >= 4 is 5.57 Å². The van der Waals surface area contributed by atoms with Crippen molar-refractivity contribution in [2.45, 2.75) is 27.2 Å². The number of hydrogen-bond donors (Lipinski definition) is 0. The molecule has 2 nitrogen and oxygen atoms in total. The van der Waals surface area contributed by atoms with E-state index in [0.29, 0.717) is 0 Å². The van der Waals surface area contributed by atoms with Gasteiger partial charge in [0, 0.05) is 18.3 Å². The molecule has 0 spiro atoms. The van der Waals surface area contributed by atoms with Gasteiger partial charge in [-0.3, -0.25) is 9.88 Å². The quantitative estimate of drug-likeness (QED) is 0.822. The predicted octanol–water partition coefficient (Wildman–Crippen LogP) is 4.55. The van der Waals surface area contributed by atoms with Crippen molar-refractivity contribution in [1.82, 2.24) is 9.88 Å². The van der Waals surface area contributed by atoms with Crippen LogP contribution in [-0.2, 0) is 0 Å². The molecule has 1 saturated heterocycles. The largest absolute Gasteiger partial charge is 0.300 e. The van der Waals surface area contributed by atoms with Gasteiger partial charge in [0.15, 0.2) is 0 Å². The topological polar surface area (TPSA) is 16.1 Å². The lowest BCUT2D eigenvalue weighted by Gasteiger charge is -2.14. The minimum absolute atomic E-state index is 0. The third-order valence-corrected chi connectivity index (χ3v) is 4.06. The normalized spacial score (nSPS) is 15.6. The van der Waals surface area contributed by atoms with E-state index in [1.54, 1.807) is 0 Å². The van der Waals surface area contributed by atoms with Gasteiger partial charge in [0.2, 0.25) is 0 Å². The van der Waals surface area contributed by atoms with Crippen molar-refractivity contribution in [3.8, 4) is 0 Å². The standard InChI is InChI=1S/C19H22N2.CH4/c1-16-7-9-17(10-8-16)18(19-6-2-3-12-20-19)11-15-21-13-4-5-14-21;/h2-3,6-12H,4-5,13-15H2,1H3;1H4/b18-11+;. The van der Waals surface area contributed by atoms with E-state index in [0.717, 1.165) is 12.2 Å². The highest BCUT2D eigenvalue weighted by Crippen LogP contribution is 2.22. The lowest BCUT2D eigenvalue weighted by molar-refractivity contribution is 0.377. The first-order valence-corrected chi connectivity index (χ1v) is 7.74. The van der Waals surface area contributed by atoms with Crippen LogP contribution in [-0.4, -0.2) is 29.5 Å². The SMILES string of the molecule is C.Cc1ccc(/C(=C\CN2CCCC2)c2ccccn2)cc1. The monoisotopic (exact) mass is 294 g/mol. The molecular formula is C20H26N2. The fourth-order valence-electron chi connectivity index (χ4n) is 2.81. The van der Waals surface area contributed by atoms with Crippen molar-refractivity contribution < 1.29 is 0 Å². The second-order valence-electron chi connectivity index (χ2n) is 5.71. The molecule has 0 amide bonds.